The Bertz CT molecular complexity index is 743. The lowest BCUT2D eigenvalue weighted by Crippen LogP contribution is -2.32. The fourth-order valence-electron chi connectivity index (χ4n) is 2.46. The summed E-state index contributed by atoms with van der Waals surface area (Å²) in [7, 11) is 1.47. The second-order valence-electron chi connectivity index (χ2n) is 6.04. The normalized spacial score (nSPS) is 15.1. The average molecular weight is 351 g/mol. The molecule has 1 heterocycles. The van der Waals surface area contributed by atoms with Crippen molar-refractivity contribution in [2.24, 2.45) is 5.41 Å². The fraction of sp³-hybridized carbons (Fsp3) is 0.438. The number of carbonyl (C=O) groups is 1. The van der Waals surface area contributed by atoms with E-state index in [-0.39, 0.29) is 29.5 Å². The highest BCUT2D eigenvalue weighted by atomic mass is 35.5. The first kappa shape index (κ1) is 16.7. The van der Waals surface area contributed by atoms with Gasteiger partial charge in [-0.15, -0.1) is 5.10 Å². The third-order valence-electron chi connectivity index (χ3n) is 4.29. The maximum absolute atomic E-state index is 12.3. The van der Waals surface area contributed by atoms with Crippen molar-refractivity contribution in [1.29, 1.82) is 0 Å². The molecule has 8 heteroatoms. The van der Waals surface area contributed by atoms with E-state index in [1.54, 1.807) is 6.07 Å². The molecule has 2 aromatic rings. The third kappa shape index (κ3) is 3.37. The molecule has 128 valence electrons. The minimum absolute atomic E-state index is 0.0730. The first-order valence-electron chi connectivity index (χ1n) is 7.68. The van der Waals surface area contributed by atoms with Gasteiger partial charge in [-0.05, 0) is 24.5 Å². The van der Waals surface area contributed by atoms with Crippen LogP contribution in [0, 0.1) is 5.41 Å². The van der Waals surface area contributed by atoms with Crippen LogP contribution in [0.3, 0.4) is 0 Å². The molecule has 1 aliphatic rings. The van der Waals surface area contributed by atoms with Crippen LogP contribution in [0.5, 0.6) is 5.88 Å². The lowest BCUT2D eigenvalue weighted by atomic mass is 10.1. The molecule has 0 radical (unpaired) electrons. The van der Waals surface area contributed by atoms with Gasteiger partial charge in [-0.1, -0.05) is 35.0 Å². The van der Waals surface area contributed by atoms with Crippen LogP contribution in [0.25, 0.3) is 0 Å². The minimum Gasteiger partial charge on any atom is -0.479 e. The van der Waals surface area contributed by atoms with Crippen molar-refractivity contribution in [3.8, 4) is 5.88 Å². The Hall–Kier alpha value is -2.12. The lowest BCUT2D eigenvalue weighted by molar-refractivity contribution is 0.0926. The molecule has 2 N–H and O–H groups in total. The molecular formula is C16H19ClN4O3. The Morgan fingerprint density at radius 2 is 2.21 bits per heavy atom. The molecule has 1 saturated carbocycles. The number of methoxy groups -OCH3 is 1. The zero-order valence-corrected chi connectivity index (χ0v) is 14.1. The molecular weight excluding hydrogens is 332 g/mol. The number of nitrogens with zero attached hydrogens (tertiary/aromatic N) is 3. The number of aliphatic hydroxyl groups is 1. The van der Waals surface area contributed by atoms with Crippen molar-refractivity contribution >= 4 is 17.5 Å². The predicted molar refractivity (Wildman–Crippen MR) is 88.2 cm³/mol. The first-order chi connectivity index (χ1) is 11.6. The monoisotopic (exact) mass is 350 g/mol. The van der Waals surface area contributed by atoms with E-state index in [2.05, 4.69) is 15.6 Å². The molecule has 0 atom stereocenters. The number of nitrogens with one attached hydrogen (secondary N) is 1. The zero-order valence-electron chi connectivity index (χ0n) is 13.3. The summed E-state index contributed by atoms with van der Waals surface area (Å²) >= 11 is 6.16. The molecule has 0 unspecified atom stereocenters. The van der Waals surface area contributed by atoms with E-state index < -0.39 is 0 Å². The van der Waals surface area contributed by atoms with Gasteiger partial charge in [-0.25, -0.2) is 4.68 Å². The van der Waals surface area contributed by atoms with Crippen LogP contribution in [0.1, 0.15) is 28.9 Å². The van der Waals surface area contributed by atoms with Gasteiger partial charge >= 0.3 is 0 Å². The van der Waals surface area contributed by atoms with Gasteiger partial charge in [0.1, 0.15) is 0 Å². The van der Waals surface area contributed by atoms with Crippen molar-refractivity contribution < 1.29 is 14.6 Å². The van der Waals surface area contributed by atoms with E-state index in [0.29, 0.717) is 18.1 Å². The molecule has 0 saturated heterocycles. The maximum atomic E-state index is 12.3. The number of aliphatic hydroxyl groups excluding tert-OH is 1. The van der Waals surface area contributed by atoms with Gasteiger partial charge in [0.15, 0.2) is 0 Å². The highest BCUT2D eigenvalue weighted by Crippen LogP contribution is 2.44. The number of aromatic nitrogens is 3. The topological polar surface area (TPSA) is 89.3 Å². The van der Waals surface area contributed by atoms with Crippen LogP contribution in [-0.2, 0) is 6.54 Å². The van der Waals surface area contributed by atoms with E-state index >= 15 is 0 Å². The molecule has 1 fully saturated rings. The third-order valence-corrected chi connectivity index (χ3v) is 4.66. The largest absolute Gasteiger partial charge is 0.479 e. The van der Waals surface area contributed by atoms with Gasteiger partial charge in [0, 0.05) is 17.0 Å². The van der Waals surface area contributed by atoms with Crippen molar-refractivity contribution in [2.45, 2.75) is 19.4 Å². The quantitative estimate of drug-likeness (QED) is 0.789. The molecule has 0 bridgehead atoms. The highest BCUT2D eigenvalue weighted by molar-refractivity contribution is 6.31. The Morgan fingerprint density at radius 1 is 1.46 bits per heavy atom. The van der Waals surface area contributed by atoms with Crippen molar-refractivity contribution in [3.05, 3.63) is 40.5 Å². The molecule has 3 rings (SSSR count). The molecule has 0 spiro atoms. The van der Waals surface area contributed by atoms with Gasteiger partial charge < -0.3 is 15.2 Å². The van der Waals surface area contributed by atoms with Crippen LogP contribution in [0.4, 0.5) is 0 Å². The molecule has 1 amide bonds. The van der Waals surface area contributed by atoms with Gasteiger partial charge in [0.25, 0.3) is 5.91 Å². The maximum Gasteiger partial charge on any atom is 0.277 e. The highest BCUT2D eigenvalue weighted by Gasteiger charge is 2.42. The summed E-state index contributed by atoms with van der Waals surface area (Å²) in [5.74, 6) is -0.0850. The van der Waals surface area contributed by atoms with Crippen molar-refractivity contribution in [2.75, 3.05) is 20.3 Å². The molecule has 1 aromatic carbocycles. The van der Waals surface area contributed by atoms with Crippen LogP contribution in [0.15, 0.2) is 24.3 Å². The minimum atomic E-state index is -0.364. The smallest absolute Gasteiger partial charge is 0.277 e. The van der Waals surface area contributed by atoms with E-state index in [4.69, 9.17) is 16.3 Å². The number of hydrogen-bond donors (Lipinski definition) is 2. The summed E-state index contributed by atoms with van der Waals surface area (Å²) in [6, 6.07) is 7.39. The Labute approximate surface area is 144 Å². The van der Waals surface area contributed by atoms with Gasteiger partial charge in [0.2, 0.25) is 11.6 Å². The Morgan fingerprint density at radius 3 is 2.83 bits per heavy atom. The second-order valence-corrected chi connectivity index (χ2v) is 6.44. The van der Waals surface area contributed by atoms with Gasteiger partial charge in [0.05, 0.1) is 20.3 Å². The standard InChI is InChI=1S/C16H19ClN4O3/c1-24-15-13(14(23)18-9-16(10-22)6-7-16)19-20-21(15)8-11-4-2-3-5-12(11)17/h2-5,22H,6-10H2,1H3,(H,18,23). The number of amides is 1. The Kier molecular flexibility index (Phi) is 4.73. The van der Waals surface area contributed by atoms with E-state index in [0.717, 1.165) is 18.4 Å². The number of halogens is 1. The Balaban J connectivity index is 1.74. The van der Waals surface area contributed by atoms with Gasteiger partial charge in [-0.3, -0.25) is 4.79 Å². The number of hydrogen-bond acceptors (Lipinski definition) is 5. The fourth-order valence-corrected chi connectivity index (χ4v) is 2.65. The predicted octanol–water partition coefficient (Wildman–Crippen LogP) is 1.49. The van der Waals surface area contributed by atoms with Crippen LogP contribution in [-0.4, -0.2) is 46.3 Å². The summed E-state index contributed by atoms with van der Waals surface area (Å²) in [5.41, 5.74) is 0.807. The molecule has 1 aliphatic carbocycles. The summed E-state index contributed by atoms with van der Waals surface area (Å²) in [4.78, 5) is 12.3. The molecule has 24 heavy (non-hydrogen) atoms. The average Bonchev–Trinajstić information content (AvgIpc) is 3.27. The number of benzene rings is 1. The summed E-state index contributed by atoms with van der Waals surface area (Å²) < 4.78 is 6.80. The van der Waals surface area contributed by atoms with E-state index in [9.17, 15) is 9.90 Å². The lowest BCUT2D eigenvalue weighted by Gasteiger charge is -2.12. The number of ether oxygens (including phenoxy) is 1. The first-order valence-corrected chi connectivity index (χ1v) is 8.06. The SMILES string of the molecule is COc1c(C(=O)NCC2(CO)CC2)nnn1Cc1ccccc1Cl. The zero-order chi connectivity index (χ0) is 17.2. The molecule has 7 nitrogen and oxygen atoms in total. The summed E-state index contributed by atoms with van der Waals surface area (Å²) in [5, 5.41) is 20.6. The molecule has 0 aliphatic heterocycles. The van der Waals surface area contributed by atoms with Crippen molar-refractivity contribution in [1.82, 2.24) is 20.3 Å². The summed E-state index contributed by atoms with van der Waals surface area (Å²) in [6.45, 7) is 0.843. The van der Waals surface area contributed by atoms with Crippen LogP contribution < -0.4 is 10.1 Å². The van der Waals surface area contributed by atoms with Crippen LogP contribution >= 0.6 is 11.6 Å². The van der Waals surface area contributed by atoms with Crippen LogP contribution in [0.2, 0.25) is 5.02 Å². The number of rotatable bonds is 7. The van der Waals surface area contributed by atoms with E-state index in [1.807, 2.05) is 18.2 Å². The second kappa shape index (κ2) is 6.78. The molecule has 1 aromatic heterocycles. The van der Waals surface area contributed by atoms with E-state index in [1.165, 1.54) is 11.8 Å². The number of carbonyl (C=O) groups excluding carboxylic acids is 1. The van der Waals surface area contributed by atoms with Crippen molar-refractivity contribution in [3.63, 3.8) is 0 Å². The van der Waals surface area contributed by atoms with Gasteiger partial charge in [-0.2, -0.15) is 0 Å². The summed E-state index contributed by atoms with van der Waals surface area (Å²) in [6.07, 6.45) is 1.83.